The molecule has 6 aliphatic heterocycles. The Balaban J connectivity index is 0.000000212. The molecular formula is C72H127N16O22P3S. The smallest absolute Gasteiger partial charge is 0.386 e. The van der Waals surface area contributed by atoms with Crippen molar-refractivity contribution in [3.05, 3.63) is 69.5 Å². The van der Waals surface area contributed by atoms with E-state index in [0.29, 0.717) is 60.4 Å². The first kappa shape index (κ1) is 96.2. The van der Waals surface area contributed by atoms with Crippen LogP contribution >= 0.6 is 22.4 Å². The Morgan fingerprint density at radius 1 is 0.456 bits per heavy atom. The maximum atomic E-state index is 12.6. The third kappa shape index (κ3) is 27.5. The number of amidine groups is 2. The van der Waals surface area contributed by atoms with Crippen molar-refractivity contribution in [2.45, 2.75) is 339 Å². The first-order chi connectivity index (χ1) is 51.6. The van der Waals surface area contributed by atoms with Crippen molar-refractivity contribution < 1.29 is 95.1 Å². The van der Waals surface area contributed by atoms with Gasteiger partial charge in [0.1, 0.15) is 107 Å². The summed E-state index contributed by atoms with van der Waals surface area (Å²) in [6, 6.07) is 2.90. The zero-order valence-electron chi connectivity index (χ0n) is 70.5. The summed E-state index contributed by atoms with van der Waals surface area (Å²) in [5.74, 6) is 2.57. The quantitative estimate of drug-likeness (QED) is 0.0413. The van der Waals surface area contributed by atoms with E-state index >= 15 is 0 Å². The fourth-order valence-corrected chi connectivity index (χ4v) is 18.3. The second-order valence-electron chi connectivity index (χ2n) is 38.1. The number of imidazole rings is 2. The van der Waals surface area contributed by atoms with Crippen molar-refractivity contribution in [1.29, 1.82) is 0 Å². The third-order valence-electron chi connectivity index (χ3n) is 17.2. The number of phosphoric acid groups is 2. The van der Waals surface area contributed by atoms with Crippen molar-refractivity contribution in [2.75, 3.05) is 22.1 Å². The maximum absolute atomic E-state index is 12.6. The number of fused-ring (bicyclic) bond motifs is 2. The van der Waals surface area contributed by atoms with Crippen LogP contribution in [0.25, 0.3) is 0 Å². The average Bonchev–Trinajstić information content (AvgIpc) is 1.69. The molecule has 4 fully saturated rings. The summed E-state index contributed by atoms with van der Waals surface area (Å²) in [7, 11) is -8.97. The molecule has 0 aromatic carbocycles. The fourth-order valence-electron chi connectivity index (χ4n) is 13.4. The highest BCUT2D eigenvalue weighted by Gasteiger charge is 2.55. The van der Waals surface area contributed by atoms with E-state index in [1.54, 1.807) is 91.6 Å². The number of aromatic nitrogens is 8. The third-order valence-corrected chi connectivity index (χ3v) is 21.5. The summed E-state index contributed by atoms with van der Waals surface area (Å²) >= 11 is 5.23. The molecule has 38 nitrogen and oxygen atoms in total. The lowest BCUT2D eigenvalue weighted by Gasteiger charge is -2.32. The molecule has 4 saturated heterocycles. The molecule has 21 atom stereocenters. The summed E-state index contributed by atoms with van der Waals surface area (Å²) in [5, 5.41) is 50.1. The molecular weight excluding hydrogens is 1570 g/mol. The number of aliphatic hydroxyl groups excluding tert-OH is 4. The minimum Gasteiger partial charge on any atom is -0.386 e. The molecule has 0 aliphatic carbocycles. The lowest BCUT2D eigenvalue weighted by molar-refractivity contribution is -0.117. The zero-order chi connectivity index (χ0) is 86.5. The number of aliphatic hydroxyl groups is 4. The Morgan fingerprint density at radius 3 is 1.02 bits per heavy atom. The van der Waals surface area contributed by atoms with Crippen LogP contribution in [-0.4, -0.2) is 181 Å². The molecule has 17 N–H and O–H groups in total. The Kier molecular flexibility index (Phi) is 30.2. The van der Waals surface area contributed by atoms with Gasteiger partial charge >= 0.3 is 33.7 Å². The van der Waals surface area contributed by atoms with Crippen LogP contribution in [0.1, 0.15) is 254 Å². The van der Waals surface area contributed by atoms with E-state index < -0.39 is 161 Å². The molecule has 4 aromatic heterocycles. The molecule has 0 radical (unpaired) electrons. The van der Waals surface area contributed by atoms with Crippen LogP contribution in [0.2, 0.25) is 0 Å². The van der Waals surface area contributed by atoms with Gasteiger partial charge in [-0.2, -0.15) is 9.97 Å². The number of nitrogens with zero attached hydrogens (tertiary/aromatic N) is 10. The molecule has 0 amide bonds. The highest BCUT2D eigenvalue weighted by molar-refractivity contribution is 8.07. The van der Waals surface area contributed by atoms with E-state index in [0.717, 1.165) is 4.57 Å². The molecule has 114 heavy (non-hydrogen) atoms. The van der Waals surface area contributed by atoms with E-state index in [4.69, 9.17) is 85.6 Å². The number of rotatable bonds is 18. The molecule has 4 aromatic rings. The van der Waals surface area contributed by atoms with Crippen LogP contribution in [0.4, 0.5) is 23.3 Å². The molecule has 10 heterocycles. The summed E-state index contributed by atoms with van der Waals surface area (Å²) in [5.41, 5.74) is 19.4. The van der Waals surface area contributed by atoms with Gasteiger partial charge in [0.15, 0.2) is 24.9 Å². The predicted molar refractivity (Wildman–Crippen MR) is 431 cm³/mol. The van der Waals surface area contributed by atoms with E-state index in [1.807, 2.05) is 62.3 Å². The number of hydrogen-bond acceptors (Lipinski definition) is 32. The van der Waals surface area contributed by atoms with Crippen LogP contribution in [-0.2, 0) is 71.8 Å². The number of ether oxygens (including phenoxy) is 5. The van der Waals surface area contributed by atoms with Crippen LogP contribution in [0.3, 0.4) is 0 Å². The summed E-state index contributed by atoms with van der Waals surface area (Å²) in [4.78, 5) is 79.9. The van der Waals surface area contributed by atoms with Gasteiger partial charge in [-0.15, -0.1) is 0 Å². The highest BCUT2D eigenvalue weighted by Crippen LogP contribution is 2.56. The Labute approximate surface area is 672 Å². The maximum Gasteiger partial charge on any atom is 0.473 e. The Hall–Kier alpha value is -4.97. The van der Waals surface area contributed by atoms with Crippen molar-refractivity contribution in [3.63, 3.8) is 0 Å². The number of anilines is 4. The molecule has 10 rings (SSSR count). The lowest BCUT2D eigenvalue weighted by atomic mass is 9.87. The monoisotopic (exact) mass is 1690 g/mol. The van der Waals surface area contributed by atoms with E-state index in [2.05, 4.69) is 82.1 Å². The van der Waals surface area contributed by atoms with E-state index in [9.17, 15) is 53.8 Å². The van der Waals surface area contributed by atoms with Gasteiger partial charge in [-0.25, -0.2) is 38.7 Å². The molecule has 0 bridgehead atoms. The second kappa shape index (κ2) is 35.8. The van der Waals surface area contributed by atoms with Crippen molar-refractivity contribution in [2.24, 2.45) is 43.1 Å². The van der Waals surface area contributed by atoms with Crippen LogP contribution < -0.4 is 44.9 Å². The van der Waals surface area contributed by atoms with Gasteiger partial charge in [0.25, 0.3) is 0 Å². The van der Waals surface area contributed by atoms with Gasteiger partial charge < -0.3 is 96.9 Å². The Morgan fingerprint density at radius 2 is 0.737 bits per heavy atom. The average molecular weight is 1690 g/mol. The number of nitrogen functional groups attached to an aromatic ring is 2. The molecule has 9 unspecified atom stereocenters. The van der Waals surface area contributed by atoms with Crippen LogP contribution in [0.15, 0.2) is 56.8 Å². The first-order valence-electron chi connectivity index (χ1n) is 37.7. The SMILES string of the molecule is CC(C)(C)C[C@H]1O[C@@H](n2ccc(N)nc2=O)C(O)[C@H]1OC(C)(C)C.CC(C)(C)C[C@H]1O[C@@H](n2ccc(N)nc2=O)C(O)[C@H]1OP(=O)(O)OC(C)(C)C.CC1=NC(N)c2ncn([C@@H]3O[C@H](CC(C)(C)C)[C@H](OP(=O)(O)OC(C)(C)C)C3O)c2N1.CC1=NC(N)c2ncn([C@@H]3O[C@H](CC(C)(C)C)[C@H](OP(O)(=S)OC(C)(C)C)C3O)c2N1. The van der Waals surface area contributed by atoms with Gasteiger partial charge in [-0.3, -0.25) is 40.9 Å². The van der Waals surface area contributed by atoms with Crippen LogP contribution in [0, 0.1) is 21.7 Å². The second-order valence-corrected chi connectivity index (χ2v) is 43.5. The van der Waals surface area contributed by atoms with Crippen molar-refractivity contribution >= 4 is 69.1 Å². The molecule has 0 saturated carbocycles. The summed E-state index contributed by atoms with van der Waals surface area (Å²) < 4.78 is 93.6. The number of aliphatic imine (C=N–C) groups is 2. The highest BCUT2D eigenvalue weighted by atomic mass is 32.5. The zero-order valence-corrected chi connectivity index (χ0v) is 74.0. The normalized spacial score (nSPS) is 29.8. The topological polar surface area (TPSA) is 536 Å². The predicted octanol–water partition coefficient (Wildman–Crippen LogP) is 9.00. The van der Waals surface area contributed by atoms with Gasteiger partial charge in [0.05, 0.1) is 59.5 Å². The molecule has 42 heteroatoms. The van der Waals surface area contributed by atoms with Crippen molar-refractivity contribution in [3.8, 4) is 0 Å². The molecule has 648 valence electrons. The van der Waals surface area contributed by atoms with Crippen LogP contribution in [0.5, 0.6) is 0 Å². The van der Waals surface area contributed by atoms with E-state index in [-0.39, 0.29) is 39.4 Å². The number of nitrogens with one attached hydrogen (secondary N) is 2. The number of phosphoric ester groups is 2. The minimum atomic E-state index is -4.50. The summed E-state index contributed by atoms with van der Waals surface area (Å²) in [6.45, 7) is 45.2. The Bertz CT molecular complexity index is 4130. The van der Waals surface area contributed by atoms with Gasteiger partial charge in [-0.05, 0) is 168 Å². The van der Waals surface area contributed by atoms with Gasteiger partial charge in [0.2, 0.25) is 0 Å². The van der Waals surface area contributed by atoms with Crippen molar-refractivity contribution in [1.82, 2.24) is 38.2 Å². The van der Waals surface area contributed by atoms with E-state index in [1.165, 1.54) is 35.4 Å². The fraction of sp³-hybridized carbons (Fsp3) is 0.778. The standard InChI is InChI=1S/C19H34N5O6P.C19H34N5O5PS.C17H30N3O7P.C17H29N3O4/c1-10-22-15(20)12-16(23-10)24(9-21-12)17-13(25)14(11(28-17)8-18(2,3)4)29-31(26,27)30-19(5,6)7;1-10-22-15(20)12-16(23-10)24(9-21-12)17-13(25)14(11(27-17)8-18(2,3)4)28-30(26,31)29-19(5,6)7;1-16(2,3)9-10-13(26-28(23,24)27-17(4,5)6)12(21)14(25-10)20-8-7-11(18)19-15(20)22;1-16(2,3)9-10-13(24-17(4,5)6)12(21)14(23-10)20-8-7-11(18)19-15(20)22/h9,11,13-15,17,25H,8,20H2,1-7H3,(H,22,23)(H,26,27);9,11,13-15,17,25H,8,20H2,1-7H3,(H,22,23)(H,26,31);7-8,10,12-14,21H,9H2,1-6H3,(H,23,24)(H2,18,19,22);7-8,10,12-14,21H,9H2,1-6H3,(H2,18,19,22)/t11-,13?,14+,15?,17-;11-,13?,14+,15?,17-,30?;2*10-,12?,13+,14-/m1111/s1. The number of hydrogen-bond donors (Lipinski definition) is 13. The first-order valence-corrected chi connectivity index (χ1v) is 43.3. The summed E-state index contributed by atoms with van der Waals surface area (Å²) in [6.07, 6.45) is -7.62. The molecule has 6 aliphatic rings. The minimum absolute atomic E-state index is 0.0108. The van der Waals surface area contributed by atoms with Gasteiger partial charge in [0, 0.05) is 12.4 Å². The van der Waals surface area contributed by atoms with Gasteiger partial charge in [-0.1, -0.05) is 83.1 Å². The largest absolute Gasteiger partial charge is 0.473 e. The molecule has 0 spiro atoms. The number of nitrogens with two attached hydrogens (primary N) is 4. The lowest BCUT2D eigenvalue weighted by Crippen LogP contribution is -2.42.